The topological polar surface area (TPSA) is 55.3 Å². The molecule has 118 valence electrons. The first-order valence-corrected chi connectivity index (χ1v) is 10.9. The first kappa shape index (κ1) is 16.5. The molecule has 5 nitrogen and oxygen atoms in total. The Kier molecular flexibility index (Phi) is 4.29. The van der Waals surface area contributed by atoms with E-state index in [0.29, 0.717) is 12.5 Å². The van der Waals surface area contributed by atoms with Gasteiger partial charge in [0, 0.05) is 24.9 Å². The third kappa shape index (κ3) is 3.86. The molecule has 0 saturated carbocycles. The van der Waals surface area contributed by atoms with Gasteiger partial charge >= 0.3 is 6.09 Å². The Morgan fingerprint density at radius 2 is 1.91 bits per heavy atom. The van der Waals surface area contributed by atoms with Crippen LogP contribution in [-0.4, -0.2) is 36.3 Å². The molecule has 1 atom stereocenters. The van der Waals surface area contributed by atoms with Crippen molar-refractivity contribution in [3.63, 3.8) is 0 Å². The molecule has 1 aromatic heterocycles. The molecule has 0 bridgehead atoms. The van der Waals surface area contributed by atoms with Crippen molar-refractivity contribution in [1.29, 1.82) is 0 Å². The smallest absolute Gasteiger partial charge is 0.417 e. The average Bonchev–Trinajstić information content (AvgIpc) is 2.40. The van der Waals surface area contributed by atoms with Gasteiger partial charge in [-0.05, 0) is 13.8 Å². The number of carbonyl (C=O) groups is 1. The lowest BCUT2D eigenvalue weighted by atomic mass is 9.91. The summed E-state index contributed by atoms with van der Waals surface area (Å²) in [6.45, 7) is 13.0. The van der Waals surface area contributed by atoms with Crippen LogP contribution in [0.1, 0.15) is 26.3 Å². The predicted octanol–water partition coefficient (Wildman–Crippen LogP) is 3.08. The molecule has 2 rings (SSSR count). The zero-order valence-electron chi connectivity index (χ0n) is 14.1. The van der Waals surface area contributed by atoms with Crippen molar-refractivity contribution in [3.05, 3.63) is 18.0 Å². The number of hydrogen-bond acceptors (Lipinski definition) is 4. The Balaban J connectivity index is 2.17. The number of anilines is 1. The summed E-state index contributed by atoms with van der Waals surface area (Å²) >= 11 is 0. The second-order valence-electron chi connectivity index (χ2n) is 7.25. The van der Waals surface area contributed by atoms with Crippen LogP contribution in [0.3, 0.4) is 0 Å². The van der Waals surface area contributed by atoms with Gasteiger partial charge in [-0.15, -0.1) is 5.54 Å². The van der Waals surface area contributed by atoms with E-state index < -0.39 is 19.8 Å². The molecule has 1 aliphatic heterocycles. The number of nitrogens with zero attached hydrogens (tertiary/aromatic N) is 3. The van der Waals surface area contributed by atoms with Gasteiger partial charge in [0.05, 0.1) is 5.56 Å². The van der Waals surface area contributed by atoms with Crippen LogP contribution >= 0.6 is 0 Å². The number of aromatic nitrogens is 2. The van der Waals surface area contributed by atoms with Crippen molar-refractivity contribution in [2.75, 3.05) is 11.4 Å². The Hall–Kier alpha value is -1.87. The van der Waals surface area contributed by atoms with Crippen molar-refractivity contribution < 1.29 is 9.53 Å². The van der Waals surface area contributed by atoms with Crippen LogP contribution in [0.5, 0.6) is 0 Å². The summed E-state index contributed by atoms with van der Waals surface area (Å²) in [7, 11) is -1.42. The van der Waals surface area contributed by atoms with Crippen molar-refractivity contribution in [3.8, 4) is 11.5 Å². The minimum Gasteiger partial charge on any atom is -0.443 e. The first-order chi connectivity index (χ1) is 10.1. The van der Waals surface area contributed by atoms with Gasteiger partial charge in [0.15, 0.2) is 0 Å². The highest BCUT2D eigenvalue weighted by molar-refractivity contribution is 6.83. The molecular formula is C16H23N3O2Si. The molecule has 22 heavy (non-hydrogen) atoms. The Bertz CT molecular complexity index is 624. The fourth-order valence-corrected chi connectivity index (χ4v) is 2.42. The van der Waals surface area contributed by atoms with Crippen LogP contribution < -0.4 is 4.90 Å². The van der Waals surface area contributed by atoms with Crippen molar-refractivity contribution in [2.24, 2.45) is 5.92 Å². The van der Waals surface area contributed by atoms with Gasteiger partial charge in [0.25, 0.3) is 0 Å². The van der Waals surface area contributed by atoms with Gasteiger partial charge in [-0.3, -0.25) is 0 Å². The van der Waals surface area contributed by atoms with Crippen LogP contribution in [0.15, 0.2) is 12.4 Å². The molecule has 0 spiro atoms. The number of ether oxygens (including phenoxy) is 1. The Morgan fingerprint density at radius 1 is 1.32 bits per heavy atom. The second kappa shape index (κ2) is 5.73. The van der Waals surface area contributed by atoms with Gasteiger partial charge in [-0.25, -0.2) is 19.7 Å². The molecule has 1 saturated heterocycles. The Labute approximate surface area is 133 Å². The largest absolute Gasteiger partial charge is 0.443 e. The fourth-order valence-electron chi connectivity index (χ4n) is 1.90. The van der Waals surface area contributed by atoms with Crippen LogP contribution in [0.25, 0.3) is 0 Å². The number of carbonyl (C=O) groups excluding carboxylic acids is 1. The SMILES string of the molecule is C[C@H]1CN(c2ncc(C#C[Si](C)(C)C)cn2)C(=O)OC1(C)C. The van der Waals surface area contributed by atoms with E-state index in [-0.39, 0.29) is 5.92 Å². The quantitative estimate of drug-likeness (QED) is 0.590. The summed E-state index contributed by atoms with van der Waals surface area (Å²) in [4.78, 5) is 22.1. The molecular weight excluding hydrogens is 294 g/mol. The molecule has 1 aliphatic rings. The van der Waals surface area contributed by atoms with E-state index in [1.807, 2.05) is 20.8 Å². The van der Waals surface area contributed by atoms with E-state index in [1.54, 1.807) is 12.4 Å². The summed E-state index contributed by atoms with van der Waals surface area (Å²) in [5, 5.41) is 0. The number of cyclic esters (lactones) is 1. The second-order valence-corrected chi connectivity index (χ2v) is 12.0. The molecule has 0 radical (unpaired) electrons. The van der Waals surface area contributed by atoms with Crippen molar-refractivity contribution in [1.82, 2.24) is 9.97 Å². The molecule has 2 heterocycles. The minimum atomic E-state index is -1.42. The average molecular weight is 317 g/mol. The van der Waals surface area contributed by atoms with E-state index in [1.165, 1.54) is 4.90 Å². The van der Waals surface area contributed by atoms with Crippen molar-refractivity contribution in [2.45, 2.75) is 46.0 Å². The molecule has 1 fully saturated rings. The van der Waals surface area contributed by atoms with Gasteiger partial charge < -0.3 is 4.74 Å². The number of rotatable bonds is 1. The maximum Gasteiger partial charge on any atom is 0.417 e. The number of amides is 1. The zero-order valence-corrected chi connectivity index (χ0v) is 15.1. The highest BCUT2D eigenvalue weighted by Gasteiger charge is 2.40. The molecule has 0 aliphatic carbocycles. The van der Waals surface area contributed by atoms with Gasteiger partial charge in [-0.1, -0.05) is 32.5 Å². The summed E-state index contributed by atoms with van der Waals surface area (Å²) < 4.78 is 5.46. The van der Waals surface area contributed by atoms with E-state index in [2.05, 4.69) is 41.1 Å². The molecule has 6 heteroatoms. The highest BCUT2D eigenvalue weighted by Crippen LogP contribution is 2.29. The third-order valence-corrected chi connectivity index (χ3v) is 4.55. The minimum absolute atomic E-state index is 0.195. The summed E-state index contributed by atoms with van der Waals surface area (Å²) in [5.41, 5.74) is 3.57. The molecule has 0 aromatic carbocycles. The van der Waals surface area contributed by atoms with Crippen LogP contribution in [0, 0.1) is 17.4 Å². The summed E-state index contributed by atoms with van der Waals surface area (Å²) in [5.74, 6) is 3.66. The monoisotopic (exact) mass is 317 g/mol. The van der Waals surface area contributed by atoms with Crippen LogP contribution in [0.4, 0.5) is 10.7 Å². The standard InChI is InChI=1S/C16H23N3O2Si/c1-12-11-19(15(20)21-16(12,2)3)14-17-9-13(10-18-14)7-8-22(4,5)6/h9-10,12H,11H2,1-6H3/t12-/m0/s1. The molecule has 1 amide bonds. The lowest BCUT2D eigenvalue weighted by Gasteiger charge is -2.40. The van der Waals surface area contributed by atoms with E-state index in [4.69, 9.17) is 4.74 Å². The summed E-state index contributed by atoms with van der Waals surface area (Å²) in [6.07, 6.45) is 2.92. The highest BCUT2D eigenvalue weighted by atomic mass is 28.3. The zero-order chi connectivity index (χ0) is 16.5. The molecule has 0 N–H and O–H groups in total. The van der Waals surface area contributed by atoms with Gasteiger partial charge in [0.2, 0.25) is 5.95 Å². The fraction of sp³-hybridized carbons (Fsp3) is 0.562. The van der Waals surface area contributed by atoms with Crippen LogP contribution in [-0.2, 0) is 4.74 Å². The third-order valence-electron chi connectivity index (χ3n) is 3.68. The van der Waals surface area contributed by atoms with Crippen molar-refractivity contribution >= 4 is 20.1 Å². The molecule has 0 unspecified atom stereocenters. The Morgan fingerprint density at radius 3 is 2.45 bits per heavy atom. The van der Waals surface area contributed by atoms with E-state index in [0.717, 1.165) is 5.56 Å². The van der Waals surface area contributed by atoms with E-state index >= 15 is 0 Å². The first-order valence-electron chi connectivity index (χ1n) is 7.44. The number of hydrogen-bond donors (Lipinski definition) is 0. The normalized spacial score (nSPS) is 20.9. The van der Waals surface area contributed by atoms with E-state index in [9.17, 15) is 4.79 Å². The maximum absolute atomic E-state index is 12.1. The maximum atomic E-state index is 12.1. The summed E-state index contributed by atoms with van der Waals surface area (Å²) in [6, 6.07) is 0. The molecule has 1 aromatic rings. The lowest BCUT2D eigenvalue weighted by Crippen LogP contribution is -2.52. The predicted molar refractivity (Wildman–Crippen MR) is 89.3 cm³/mol. The van der Waals surface area contributed by atoms with Crippen LogP contribution in [0.2, 0.25) is 19.6 Å². The van der Waals surface area contributed by atoms with Gasteiger partial charge in [0.1, 0.15) is 13.7 Å². The lowest BCUT2D eigenvalue weighted by molar-refractivity contribution is -0.0127. The van der Waals surface area contributed by atoms with Gasteiger partial charge in [-0.2, -0.15) is 0 Å².